The number of rotatable bonds is 3. The van der Waals surface area contributed by atoms with Gasteiger partial charge in [0.05, 0.1) is 12.7 Å². The lowest BCUT2D eigenvalue weighted by Gasteiger charge is -2.47. The maximum atomic E-state index is 11.4. The van der Waals surface area contributed by atoms with Gasteiger partial charge in [0.15, 0.2) is 0 Å². The SMILES string of the molecule is O=C1N2CC=C(N[C@@H]3CCC(CO)O3)N1C2. The van der Waals surface area contributed by atoms with Gasteiger partial charge in [-0.15, -0.1) is 0 Å². The third kappa shape index (κ3) is 1.45. The lowest BCUT2D eigenvalue weighted by Crippen LogP contribution is -2.64. The van der Waals surface area contributed by atoms with Gasteiger partial charge in [0.1, 0.15) is 18.7 Å². The Morgan fingerprint density at radius 1 is 1.56 bits per heavy atom. The molecule has 88 valence electrons. The summed E-state index contributed by atoms with van der Waals surface area (Å²) in [6.45, 7) is 1.41. The summed E-state index contributed by atoms with van der Waals surface area (Å²) in [6, 6.07) is 0.0571. The lowest BCUT2D eigenvalue weighted by atomic mass is 10.2. The van der Waals surface area contributed by atoms with Gasteiger partial charge in [-0.1, -0.05) is 0 Å². The van der Waals surface area contributed by atoms with Gasteiger partial charge in [0.2, 0.25) is 0 Å². The molecule has 2 N–H and O–H groups in total. The van der Waals surface area contributed by atoms with E-state index >= 15 is 0 Å². The second-order valence-electron chi connectivity index (χ2n) is 4.31. The molecule has 4 aliphatic heterocycles. The van der Waals surface area contributed by atoms with Gasteiger partial charge >= 0.3 is 6.03 Å². The van der Waals surface area contributed by atoms with E-state index in [1.807, 2.05) is 6.08 Å². The Hall–Kier alpha value is -1.27. The van der Waals surface area contributed by atoms with Gasteiger partial charge in [-0.25, -0.2) is 4.79 Å². The Kier molecular flexibility index (Phi) is 2.26. The van der Waals surface area contributed by atoms with Crippen LogP contribution in [-0.4, -0.2) is 53.1 Å². The summed E-state index contributed by atoms with van der Waals surface area (Å²) in [7, 11) is 0. The molecule has 2 saturated heterocycles. The molecule has 2 fully saturated rings. The normalized spacial score (nSPS) is 32.6. The van der Waals surface area contributed by atoms with Gasteiger partial charge < -0.3 is 20.1 Å². The van der Waals surface area contributed by atoms with E-state index in [1.165, 1.54) is 0 Å². The molecule has 0 aromatic heterocycles. The maximum Gasteiger partial charge on any atom is 0.328 e. The fourth-order valence-electron chi connectivity index (χ4n) is 2.25. The molecule has 0 aromatic rings. The van der Waals surface area contributed by atoms with Crippen LogP contribution in [0, 0.1) is 0 Å². The quantitative estimate of drug-likeness (QED) is 0.687. The number of nitrogens with zero attached hydrogens (tertiary/aromatic N) is 2. The van der Waals surface area contributed by atoms with Crippen molar-refractivity contribution in [3.8, 4) is 0 Å². The molecule has 2 atom stereocenters. The number of fused-ring (bicyclic) bond motifs is 1. The molecule has 0 saturated carbocycles. The molecular formula is C10H15N3O3. The Bertz CT molecular complexity index is 344. The first-order valence-electron chi connectivity index (χ1n) is 5.57. The van der Waals surface area contributed by atoms with Crippen LogP contribution in [0.3, 0.4) is 0 Å². The van der Waals surface area contributed by atoms with Crippen molar-refractivity contribution in [2.75, 3.05) is 19.8 Å². The van der Waals surface area contributed by atoms with Crippen LogP contribution in [0.5, 0.6) is 0 Å². The van der Waals surface area contributed by atoms with Crippen LogP contribution in [0.1, 0.15) is 12.8 Å². The van der Waals surface area contributed by atoms with Gasteiger partial charge in [0.25, 0.3) is 0 Å². The highest BCUT2D eigenvalue weighted by Crippen LogP contribution is 2.25. The first kappa shape index (κ1) is 9.92. The highest BCUT2D eigenvalue weighted by molar-refractivity contribution is 5.82. The first-order chi connectivity index (χ1) is 7.78. The highest BCUT2D eigenvalue weighted by atomic mass is 16.5. The van der Waals surface area contributed by atoms with Gasteiger partial charge in [-0.3, -0.25) is 4.90 Å². The van der Waals surface area contributed by atoms with Crippen molar-refractivity contribution in [2.45, 2.75) is 25.2 Å². The van der Waals surface area contributed by atoms with Crippen molar-refractivity contribution in [2.24, 2.45) is 0 Å². The number of nitrogens with one attached hydrogen (secondary N) is 1. The van der Waals surface area contributed by atoms with Gasteiger partial charge in [-0.05, 0) is 18.9 Å². The van der Waals surface area contributed by atoms with E-state index in [0.29, 0.717) is 13.2 Å². The molecule has 2 bridgehead atoms. The molecular weight excluding hydrogens is 210 g/mol. The van der Waals surface area contributed by atoms with Crippen LogP contribution in [0.15, 0.2) is 11.9 Å². The van der Waals surface area contributed by atoms with E-state index < -0.39 is 0 Å². The zero-order valence-corrected chi connectivity index (χ0v) is 8.93. The smallest absolute Gasteiger partial charge is 0.328 e. The molecule has 0 aliphatic carbocycles. The second kappa shape index (κ2) is 3.64. The molecule has 0 aromatic carbocycles. The van der Waals surface area contributed by atoms with Crippen molar-refractivity contribution in [3.05, 3.63) is 11.9 Å². The first-order valence-corrected chi connectivity index (χ1v) is 5.57. The minimum Gasteiger partial charge on any atom is -0.394 e. The molecule has 6 nitrogen and oxygen atoms in total. The highest BCUT2D eigenvalue weighted by Gasteiger charge is 2.39. The van der Waals surface area contributed by atoms with Crippen molar-refractivity contribution in [3.63, 3.8) is 0 Å². The lowest BCUT2D eigenvalue weighted by molar-refractivity contribution is -0.00784. The van der Waals surface area contributed by atoms with Crippen LogP contribution < -0.4 is 5.32 Å². The second-order valence-corrected chi connectivity index (χ2v) is 4.31. The topological polar surface area (TPSA) is 65.0 Å². The fourth-order valence-corrected chi connectivity index (χ4v) is 2.25. The third-order valence-corrected chi connectivity index (χ3v) is 3.23. The van der Waals surface area contributed by atoms with Crippen LogP contribution >= 0.6 is 0 Å². The van der Waals surface area contributed by atoms with E-state index in [-0.39, 0.29) is 25.0 Å². The molecule has 2 amide bonds. The van der Waals surface area contributed by atoms with Gasteiger partial charge in [-0.2, -0.15) is 0 Å². The minimum absolute atomic E-state index is 0.0571. The number of urea groups is 1. The summed E-state index contributed by atoms with van der Waals surface area (Å²) >= 11 is 0. The van der Waals surface area contributed by atoms with E-state index in [0.717, 1.165) is 18.7 Å². The number of aliphatic hydroxyl groups excluding tert-OH is 1. The molecule has 16 heavy (non-hydrogen) atoms. The van der Waals surface area contributed by atoms with Crippen molar-refractivity contribution < 1.29 is 14.6 Å². The van der Waals surface area contributed by atoms with Crippen molar-refractivity contribution >= 4 is 6.03 Å². The molecule has 0 radical (unpaired) electrons. The van der Waals surface area contributed by atoms with E-state index in [1.54, 1.807) is 9.80 Å². The number of carbonyl (C=O) groups is 1. The van der Waals surface area contributed by atoms with Crippen LogP contribution in [0.4, 0.5) is 4.79 Å². The van der Waals surface area contributed by atoms with E-state index in [9.17, 15) is 4.79 Å². The number of aliphatic hydroxyl groups is 1. The van der Waals surface area contributed by atoms with Crippen LogP contribution in [0.25, 0.3) is 0 Å². The average Bonchev–Trinajstić information content (AvgIpc) is 2.76. The summed E-state index contributed by atoms with van der Waals surface area (Å²) in [5, 5.41) is 12.2. The summed E-state index contributed by atoms with van der Waals surface area (Å²) in [4.78, 5) is 14.9. The Morgan fingerprint density at radius 2 is 2.44 bits per heavy atom. The monoisotopic (exact) mass is 225 g/mol. The summed E-state index contributed by atoms with van der Waals surface area (Å²) in [5.74, 6) is 0.844. The van der Waals surface area contributed by atoms with Crippen molar-refractivity contribution in [1.82, 2.24) is 15.1 Å². The number of hydrogen-bond acceptors (Lipinski definition) is 4. The van der Waals surface area contributed by atoms with Crippen LogP contribution in [0.2, 0.25) is 0 Å². The Balaban J connectivity index is 1.59. The maximum absolute atomic E-state index is 11.4. The number of ether oxygens (including phenoxy) is 1. The molecule has 4 heterocycles. The average molecular weight is 225 g/mol. The number of hydrogen-bond donors (Lipinski definition) is 2. The Labute approximate surface area is 93.5 Å². The van der Waals surface area contributed by atoms with E-state index in [2.05, 4.69) is 5.32 Å². The predicted molar refractivity (Wildman–Crippen MR) is 55.0 cm³/mol. The summed E-state index contributed by atoms with van der Waals surface area (Å²) < 4.78 is 5.56. The molecule has 1 unspecified atom stereocenters. The standard InChI is InChI=1S/C10H15N3O3/c14-5-7-1-2-9(16-7)11-8-3-4-12-6-13(8)10(12)15/h3,7,9,11,14H,1-2,4-6H2/t7?,9-/m0/s1. The number of carbonyl (C=O) groups excluding carboxylic acids is 1. The minimum atomic E-state index is -0.0802. The predicted octanol–water partition coefficient (Wildman–Crippen LogP) is -0.377. The van der Waals surface area contributed by atoms with E-state index in [4.69, 9.17) is 9.84 Å². The van der Waals surface area contributed by atoms with Crippen LogP contribution in [-0.2, 0) is 4.74 Å². The van der Waals surface area contributed by atoms with Gasteiger partial charge in [0, 0.05) is 6.54 Å². The molecule has 6 heteroatoms. The number of amides is 2. The molecule has 4 aliphatic rings. The van der Waals surface area contributed by atoms with Crippen molar-refractivity contribution in [1.29, 1.82) is 0 Å². The summed E-state index contributed by atoms with van der Waals surface area (Å²) in [5.41, 5.74) is 0. The summed E-state index contributed by atoms with van der Waals surface area (Å²) in [6.07, 6.45) is 3.57. The Morgan fingerprint density at radius 3 is 3.06 bits per heavy atom. The fraction of sp³-hybridized carbons (Fsp3) is 0.700. The third-order valence-electron chi connectivity index (χ3n) is 3.23. The molecule has 4 rings (SSSR count). The molecule has 0 spiro atoms. The zero-order valence-electron chi connectivity index (χ0n) is 8.93. The largest absolute Gasteiger partial charge is 0.394 e. The zero-order chi connectivity index (χ0) is 11.1.